The van der Waals surface area contributed by atoms with E-state index in [2.05, 4.69) is 33.0 Å². The van der Waals surface area contributed by atoms with Gasteiger partial charge in [0.2, 0.25) is 0 Å². The van der Waals surface area contributed by atoms with Gasteiger partial charge in [0.15, 0.2) is 5.65 Å². The summed E-state index contributed by atoms with van der Waals surface area (Å²) in [5.41, 5.74) is 1.48. The first kappa shape index (κ1) is 17.9. The van der Waals surface area contributed by atoms with Crippen molar-refractivity contribution in [2.24, 2.45) is 0 Å². The minimum absolute atomic E-state index is 0.187. The summed E-state index contributed by atoms with van der Waals surface area (Å²) in [5, 5.41) is 12.7. The van der Waals surface area contributed by atoms with E-state index >= 15 is 0 Å². The van der Waals surface area contributed by atoms with E-state index in [1.54, 1.807) is 16.8 Å². The van der Waals surface area contributed by atoms with Crippen LogP contribution in [0.1, 0.15) is 31.2 Å². The number of carbonyl (C=O) groups is 2. The molecule has 0 radical (unpaired) electrons. The van der Waals surface area contributed by atoms with Gasteiger partial charge < -0.3 is 20.3 Å². The molecule has 152 valence electrons. The molecule has 0 spiro atoms. The molecule has 3 N–H and O–H groups in total. The van der Waals surface area contributed by atoms with Crippen molar-refractivity contribution in [1.82, 2.24) is 25.2 Å². The van der Waals surface area contributed by atoms with Crippen LogP contribution in [0.25, 0.3) is 11.7 Å². The number of amides is 3. The number of imide groups is 1. The summed E-state index contributed by atoms with van der Waals surface area (Å²) >= 11 is 0. The molecule has 2 saturated heterocycles. The lowest BCUT2D eigenvalue weighted by molar-refractivity contribution is -0.115. The van der Waals surface area contributed by atoms with Crippen LogP contribution in [-0.4, -0.2) is 58.9 Å². The molecule has 3 fully saturated rings. The second kappa shape index (κ2) is 7.03. The highest BCUT2D eigenvalue weighted by atomic mass is 16.5. The van der Waals surface area contributed by atoms with Gasteiger partial charge in [-0.1, -0.05) is 0 Å². The lowest BCUT2D eigenvalue weighted by Crippen LogP contribution is -2.37. The molecule has 0 unspecified atom stereocenters. The highest BCUT2D eigenvalue weighted by Gasteiger charge is 2.27. The molecule has 0 aromatic carbocycles. The van der Waals surface area contributed by atoms with Crippen molar-refractivity contribution in [3.63, 3.8) is 0 Å². The van der Waals surface area contributed by atoms with Gasteiger partial charge in [0.1, 0.15) is 17.3 Å². The number of ether oxygens (including phenoxy) is 1. The van der Waals surface area contributed by atoms with Crippen molar-refractivity contribution in [1.29, 1.82) is 0 Å². The van der Waals surface area contributed by atoms with E-state index in [-0.39, 0.29) is 5.70 Å². The van der Waals surface area contributed by atoms with Gasteiger partial charge >= 0.3 is 6.03 Å². The number of fused-ring (bicyclic) bond motifs is 1. The molecule has 3 amide bonds. The zero-order chi connectivity index (χ0) is 20.0. The quantitative estimate of drug-likeness (QED) is 0.511. The van der Waals surface area contributed by atoms with E-state index in [4.69, 9.17) is 9.72 Å². The summed E-state index contributed by atoms with van der Waals surface area (Å²) < 4.78 is 7.24. The van der Waals surface area contributed by atoms with Gasteiger partial charge in [-0.3, -0.25) is 10.1 Å². The van der Waals surface area contributed by atoms with Crippen LogP contribution in [0.2, 0.25) is 0 Å². The molecule has 2 aromatic rings. The molecule has 1 aliphatic carbocycles. The van der Waals surface area contributed by atoms with Gasteiger partial charge in [0, 0.05) is 44.0 Å². The van der Waals surface area contributed by atoms with Crippen molar-refractivity contribution in [2.45, 2.75) is 37.8 Å². The van der Waals surface area contributed by atoms with E-state index in [1.807, 2.05) is 6.07 Å². The van der Waals surface area contributed by atoms with Crippen LogP contribution in [0.15, 0.2) is 18.0 Å². The summed E-state index contributed by atoms with van der Waals surface area (Å²) in [6, 6.07) is 2.31. The zero-order valence-electron chi connectivity index (χ0n) is 16.1. The first-order valence-corrected chi connectivity index (χ1v) is 9.88. The minimum atomic E-state index is -0.526. The van der Waals surface area contributed by atoms with Gasteiger partial charge in [-0.05, 0) is 31.8 Å². The number of rotatable bonds is 5. The molecular formula is C19H23N7O3. The second-order valence-corrected chi connectivity index (χ2v) is 7.67. The first-order chi connectivity index (χ1) is 14.1. The van der Waals surface area contributed by atoms with Crippen molar-refractivity contribution >= 4 is 35.3 Å². The van der Waals surface area contributed by atoms with Crippen molar-refractivity contribution < 1.29 is 14.3 Å². The van der Waals surface area contributed by atoms with Crippen LogP contribution >= 0.6 is 0 Å². The molecule has 2 aliphatic heterocycles. The molecule has 10 nitrogen and oxygen atoms in total. The fourth-order valence-electron chi connectivity index (χ4n) is 3.69. The van der Waals surface area contributed by atoms with Gasteiger partial charge in [-0.25, -0.2) is 9.78 Å². The molecule has 4 heterocycles. The SMILES string of the molecule is CN(c1cc(NC2CC2)n2ncc(/C=C3\NC(=O)NC3=O)c2n1)C1CCOCC1. The van der Waals surface area contributed by atoms with Crippen LogP contribution < -0.4 is 20.9 Å². The molecule has 29 heavy (non-hydrogen) atoms. The van der Waals surface area contributed by atoms with Crippen molar-refractivity contribution in [3.8, 4) is 0 Å². The lowest BCUT2D eigenvalue weighted by Gasteiger charge is -2.32. The summed E-state index contributed by atoms with van der Waals surface area (Å²) in [7, 11) is 2.05. The van der Waals surface area contributed by atoms with Gasteiger partial charge in [-0.2, -0.15) is 9.61 Å². The summed E-state index contributed by atoms with van der Waals surface area (Å²) in [6.07, 6.45) is 7.45. The van der Waals surface area contributed by atoms with Crippen LogP contribution in [-0.2, 0) is 9.53 Å². The Labute approximate surface area is 167 Å². The molecular weight excluding hydrogens is 374 g/mol. The molecule has 3 aliphatic rings. The number of anilines is 2. The predicted molar refractivity (Wildman–Crippen MR) is 107 cm³/mol. The molecule has 0 bridgehead atoms. The molecule has 2 aromatic heterocycles. The number of nitrogens with one attached hydrogen (secondary N) is 3. The van der Waals surface area contributed by atoms with Crippen LogP contribution in [0.3, 0.4) is 0 Å². The predicted octanol–water partition coefficient (Wildman–Crippen LogP) is 1.10. The normalized spacial score (nSPS) is 21.5. The maximum Gasteiger partial charge on any atom is 0.326 e. The topological polar surface area (TPSA) is 113 Å². The Bertz CT molecular complexity index is 1000. The van der Waals surface area contributed by atoms with Crippen molar-refractivity contribution in [3.05, 3.63) is 23.5 Å². The Hall–Kier alpha value is -3.14. The Morgan fingerprint density at radius 2 is 2.03 bits per heavy atom. The smallest absolute Gasteiger partial charge is 0.326 e. The maximum absolute atomic E-state index is 11.9. The molecule has 0 atom stereocenters. The van der Waals surface area contributed by atoms with Crippen LogP contribution in [0, 0.1) is 0 Å². The highest BCUT2D eigenvalue weighted by molar-refractivity contribution is 6.14. The monoisotopic (exact) mass is 397 g/mol. The van der Waals surface area contributed by atoms with Gasteiger partial charge in [-0.15, -0.1) is 0 Å². The number of urea groups is 1. The van der Waals surface area contributed by atoms with Crippen LogP contribution in [0.4, 0.5) is 16.4 Å². The second-order valence-electron chi connectivity index (χ2n) is 7.67. The number of hydrogen-bond donors (Lipinski definition) is 3. The van der Waals surface area contributed by atoms with Crippen molar-refractivity contribution in [2.75, 3.05) is 30.5 Å². The van der Waals surface area contributed by atoms with E-state index in [0.29, 0.717) is 23.3 Å². The Morgan fingerprint density at radius 3 is 2.72 bits per heavy atom. The summed E-state index contributed by atoms with van der Waals surface area (Å²) in [4.78, 5) is 30.3. The summed E-state index contributed by atoms with van der Waals surface area (Å²) in [5.74, 6) is 1.25. The van der Waals surface area contributed by atoms with E-state index in [9.17, 15) is 9.59 Å². The third kappa shape index (κ3) is 3.51. The zero-order valence-corrected chi connectivity index (χ0v) is 16.1. The standard InChI is InChI=1S/C19H23N7O3/c1-25(13-4-6-29-7-5-13)15-9-16(21-12-2-3-12)26-17(23-15)11(10-20-26)8-14-18(27)24-19(28)22-14/h8-10,12-13,21H,2-7H2,1H3,(H2,22,24,27,28)/b14-8-. The number of carbonyl (C=O) groups excluding carboxylic acids is 2. The average Bonchev–Trinajstić information content (AvgIpc) is 3.36. The third-order valence-corrected chi connectivity index (χ3v) is 5.53. The van der Waals surface area contributed by atoms with E-state index in [1.165, 1.54) is 0 Å². The molecule has 10 heteroatoms. The van der Waals surface area contributed by atoms with E-state index < -0.39 is 11.9 Å². The molecule has 5 rings (SSSR count). The first-order valence-electron chi connectivity index (χ1n) is 9.88. The molecule has 1 saturated carbocycles. The Kier molecular flexibility index (Phi) is 4.35. The fraction of sp³-hybridized carbons (Fsp3) is 0.474. The lowest BCUT2D eigenvalue weighted by atomic mass is 10.1. The Morgan fingerprint density at radius 1 is 1.24 bits per heavy atom. The van der Waals surface area contributed by atoms with E-state index in [0.717, 1.165) is 50.5 Å². The fourth-order valence-corrected chi connectivity index (χ4v) is 3.69. The maximum atomic E-state index is 11.9. The number of nitrogens with zero attached hydrogens (tertiary/aromatic N) is 4. The number of aromatic nitrogens is 3. The Balaban J connectivity index is 1.56. The number of hydrogen-bond acceptors (Lipinski definition) is 7. The minimum Gasteiger partial charge on any atom is -0.381 e. The highest BCUT2D eigenvalue weighted by Crippen LogP contribution is 2.29. The average molecular weight is 397 g/mol. The largest absolute Gasteiger partial charge is 0.381 e. The van der Waals surface area contributed by atoms with Crippen LogP contribution in [0.5, 0.6) is 0 Å². The van der Waals surface area contributed by atoms with Gasteiger partial charge in [0.25, 0.3) is 5.91 Å². The summed E-state index contributed by atoms with van der Waals surface area (Å²) in [6.45, 7) is 1.51. The van der Waals surface area contributed by atoms with Gasteiger partial charge in [0.05, 0.1) is 6.20 Å². The third-order valence-electron chi connectivity index (χ3n) is 5.53.